The van der Waals surface area contributed by atoms with E-state index in [0.29, 0.717) is 0 Å². The van der Waals surface area contributed by atoms with Crippen LogP contribution in [0.15, 0.2) is 58.5 Å². The van der Waals surface area contributed by atoms with Crippen LogP contribution in [-0.2, 0) is 11.3 Å². The van der Waals surface area contributed by atoms with Gasteiger partial charge in [0.15, 0.2) is 5.17 Å². The van der Waals surface area contributed by atoms with Crippen molar-refractivity contribution in [1.29, 1.82) is 0 Å². The molecule has 0 N–H and O–H groups in total. The van der Waals surface area contributed by atoms with Crippen LogP contribution >= 0.6 is 11.8 Å². The topological polar surface area (TPSA) is 47.0 Å². The second-order valence-electron chi connectivity index (χ2n) is 7.81. The predicted molar refractivity (Wildman–Crippen MR) is 122 cm³/mol. The third kappa shape index (κ3) is 3.89. The Morgan fingerprint density at radius 2 is 2.13 bits per heavy atom. The van der Waals surface area contributed by atoms with Crippen LogP contribution in [0.1, 0.15) is 24.0 Å². The molecule has 3 heterocycles. The van der Waals surface area contributed by atoms with Crippen LogP contribution < -0.4 is 4.74 Å². The van der Waals surface area contributed by atoms with Gasteiger partial charge >= 0.3 is 0 Å². The fourth-order valence-corrected chi connectivity index (χ4v) is 5.04. The highest BCUT2D eigenvalue weighted by Crippen LogP contribution is 2.36. The molecule has 5 nitrogen and oxygen atoms in total. The summed E-state index contributed by atoms with van der Waals surface area (Å²) < 4.78 is 11.3. The molecule has 1 saturated heterocycles. The summed E-state index contributed by atoms with van der Waals surface area (Å²) in [5, 5.41) is 3.20. The number of amidine groups is 1. The number of ether oxygens (including phenoxy) is 2. The average Bonchev–Trinajstić information content (AvgIpc) is 3.27. The van der Waals surface area contributed by atoms with Gasteiger partial charge in [0.25, 0.3) is 0 Å². The molecule has 30 heavy (non-hydrogen) atoms. The zero-order valence-corrected chi connectivity index (χ0v) is 18.1. The van der Waals surface area contributed by atoms with E-state index in [0.717, 1.165) is 59.7 Å². The molecule has 0 aliphatic carbocycles. The van der Waals surface area contributed by atoms with Gasteiger partial charge in [0, 0.05) is 36.7 Å². The zero-order valence-electron chi connectivity index (χ0n) is 17.3. The number of aromatic nitrogens is 1. The van der Waals surface area contributed by atoms with Crippen LogP contribution in [0.5, 0.6) is 5.75 Å². The molecule has 6 heteroatoms. The van der Waals surface area contributed by atoms with Gasteiger partial charge in [-0.2, -0.15) is 0 Å². The van der Waals surface area contributed by atoms with Crippen LogP contribution in [0.4, 0.5) is 5.69 Å². The minimum absolute atomic E-state index is 0.262. The van der Waals surface area contributed by atoms with E-state index >= 15 is 0 Å². The van der Waals surface area contributed by atoms with Gasteiger partial charge in [-0.25, -0.2) is 9.98 Å². The molecule has 1 fully saturated rings. The Morgan fingerprint density at radius 3 is 2.97 bits per heavy atom. The van der Waals surface area contributed by atoms with Crippen LogP contribution in [0, 0.1) is 6.92 Å². The first-order chi connectivity index (χ1) is 14.7. The van der Waals surface area contributed by atoms with Gasteiger partial charge in [-0.3, -0.25) is 0 Å². The van der Waals surface area contributed by atoms with Gasteiger partial charge < -0.3 is 14.4 Å². The molecule has 5 rings (SSSR count). The van der Waals surface area contributed by atoms with E-state index in [2.05, 4.69) is 36.1 Å². The predicted octanol–water partition coefficient (Wildman–Crippen LogP) is 5.33. The minimum atomic E-state index is 0.262. The highest BCUT2D eigenvalue weighted by molar-refractivity contribution is 8.13. The van der Waals surface area contributed by atoms with E-state index in [1.807, 2.05) is 24.3 Å². The van der Waals surface area contributed by atoms with E-state index < -0.39 is 0 Å². The van der Waals surface area contributed by atoms with Gasteiger partial charge in [0.2, 0.25) is 0 Å². The van der Waals surface area contributed by atoms with E-state index in [9.17, 15) is 0 Å². The van der Waals surface area contributed by atoms with Crippen LogP contribution in [0.25, 0.3) is 10.9 Å². The zero-order chi connectivity index (χ0) is 20.5. The molecule has 0 radical (unpaired) electrons. The van der Waals surface area contributed by atoms with Crippen molar-refractivity contribution in [1.82, 2.24) is 9.88 Å². The lowest BCUT2D eigenvalue weighted by Gasteiger charge is -2.32. The third-order valence-electron chi connectivity index (χ3n) is 5.63. The first-order valence-corrected chi connectivity index (χ1v) is 11.2. The van der Waals surface area contributed by atoms with Crippen molar-refractivity contribution < 1.29 is 9.47 Å². The van der Waals surface area contributed by atoms with E-state index in [1.54, 1.807) is 18.9 Å². The summed E-state index contributed by atoms with van der Waals surface area (Å²) in [5.41, 5.74) is 4.40. The largest absolute Gasteiger partial charge is 0.497 e. The Labute approximate surface area is 181 Å². The quantitative estimate of drug-likeness (QED) is 0.572. The van der Waals surface area contributed by atoms with Crippen molar-refractivity contribution >= 4 is 33.5 Å². The van der Waals surface area contributed by atoms with E-state index in [4.69, 9.17) is 19.5 Å². The number of pyridine rings is 1. The number of aryl methyl sites for hydroxylation is 1. The Bertz CT molecular complexity index is 1110. The second-order valence-corrected chi connectivity index (χ2v) is 8.77. The Hall–Kier alpha value is -2.57. The highest BCUT2D eigenvalue weighted by atomic mass is 32.2. The second kappa shape index (κ2) is 8.28. The highest BCUT2D eigenvalue weighted by Gasteiger charge is 2.28. The van der Waals surface area contributed by atoms with Crippen molar-refractivity contribution in [3.8, 4) is 5.75 Å². The van der Waals surface area contributed by atoms with Gasteiger partial charge in [0.1, 0.15) is 10.8 Å². The average molecular weight is 420 g/mol. The van der Waals surface area contributed by atoms with Crippen LogP contribution in [0.2, 0.25) is 0 Å². The van der Waals surface area contributed by atoms with Crippen molar-refractivity contribution in [2.45, 2.75) is 37.4 Å². The maximum absolute atomic E-state index is 5.92. The first-order valence-electron chi connectivity index (χ1n) is 10.4. The maximum Gasteiger partial charge on any atom is 0.171 e. The van der Waals surface area contributed by atoms with Crippen molar-refractivity contribution in [3.63, 3.8) is 0 Å². The first kappa shape index (κ1) is 19.4. The van der Waals surface area contributed by atoms with Crippen molar-refractivity contribution in [2.24, 2.45) is 4.99 Å². The number of para-hydroxylation sites is 1. The fourth-order valence-electron chi connectivity index (χ4n) is 4.06. The van der Waals surface area contributed by atoms with Gasteiger partial charge in [-0.05, 0) is 55.3 Å². The van der Waals surface area contributed by atoms with Gasteiger partial charge in [-0.15, -0.1) is 0 Å². The smallest absolute Gasteiger partial charge is 0.171 e. The number of thioether (sulfide) groups is 1. The molecule has 2 aromatic carbocycles. The standard InChI is InChI=1S/C24H25N3O2S/c1-16-6-3-7-17-12-18-14-27(15-21-10-5-11-29-21)24(30-23(18)26-22(16)17)25-19-8-4-9-20(13-19)28-2/h3-4,6-9,12-13,21H,5,10-11,14-15H2,1-2H3/t21-/m1/s1. The lowest BCUT2D eigenvalue weighted by Crippen LogP contribution is -2.37. The number of nitrogens with zero attached hydrogens (tertiary/aromatic N) is 3. The molecule has 2 aliphatic rings. The Balaban J connectivity index is 1.54. The third-order valence-corrected chi connectivity index (χ3v) is 6.71. The summed E-state index contributed by atoms with van der Waals surface area (Å²) in [6.07, 6.45) is 2.50. The van der Waals surface area contributed by atoms with Crippen LogP contribution in [-0.4, -0.2) is 41.4 Å². The molecule has 1 aromatic heterocycles. The van der Waals surface area contributed by atoms with Gasteiger partial charge in [-0.1, -0.05) is 24.3 Å². The number of methoxy groups -OCH3 is 1. The summed E-state index contributed by atoms with van der Waals surface area (Å²) in [5.74, 6) is 0.809. The molecule has 0 bridgehead atoms. The summed E-state index contributed by atoms with van der Waals surface area (Å²) in [7, 11) is 1.68. The number of fused-ring (bicyclic) bond motifs is 2. The summed E-state index contributed by atoms with van der Waals surface area (Å²) in [6, 6.07) is 16.5. The number of hydrogen-bond donors (Lipinski definition) is 0. The molecule has 0 spiro atoms. The van der Waals surface area contributed by atoms with Crippen molar-refractivity contribution in [2.75, 3.05) is 20.3 Å². The molecule has 2 aliphatic heterocycles. The number of benzene rings is 2. The summed E-state index contributed by atoms with van der Waals surface area (Å²) >= 11 is 1.65. The van der Waals surface area contributed by atoms with Crippen molar-refractivity contribution in [3.05, 3.63) is 59.7 Å². The molecule has 1 atom stereocenters. The van der Waals surface area contributed by atoms with E-state index in [-0.39, 0.29) is 6.10 Å². The Kier molecular flexibility index (Phi) is 5.35. The molecular weight excluding hydrogens is 394 g/mol. The normalized spacial score (nSPS) is 20.0. The molecule has 0 saturated carbocycles. The lowest BCUT2D eigenvalue weighted by molar-refractivity contribution is 0.0903. The van der Waals surface area contributed by atoms with Gasteiger partial charge in [0.05, 0.1) is 24.4 Å². The Morgan fingerprint density at radius 1 is 1.23 bits per heavy atom. The molecule has 154 valence electrons. The van der Waals surface area contributed by atoms with Crippen LogP contribution in [0.3, 0.4) is 0 Å². The molecular formula is C24H25N3O2S. The molecule has 0 unspecified atom stereocenters. The molecule has 0 amide bonds. The summed E-state index contributed by atoms with van der Waals surface area (Å²) in [4.78, 5) is 12.3. The monoisotopic (exact) mass is 419 g/mol. The number of hydrogen-bond acceptors (Lipinski definition) is 5. The SMILES string of the molecule is COc1cccc(N=C2Sc3nc4c(C)cccc4cc3CN2C[C@H]2CCCO2)c1. The maximum atomic E-state index is 5.92. The fraction of sp³-hybridized carbons (Fsp3) is 0.333. The number of aliphatic imine (C=N–C) groups is 1. The summed E-state index contributed by atoms with van der Waals surface area (Å²) in [6.45, 7) is 4.61. The minimum Gasteiger partial charge on any atom is -0.497 e. The lowest BCUT2D eigenvalue weighted by atomic mass is 10.1. The molecule has 3 aromatic rings. The van der Waals surface area contributed by atoms with E-state index in [1.165, 1.54) is 16.5 Å². The number of rotatable bonds is 4.